The average Bonchev–Trinajstić information content (AvgIpc) is 2.61. The van der Waals surface area contributed by atoms with Gasteiger partial charge in [-0.25, -0.2) is 9.78 Å². The van der Waals surface area contributed by atoms with Crippen molar-refractivity contribution >= 4 is 17.0 Å². The number of aromatic carboxylic acids is 1. The lowest BCUT2D eigenvalue weighted by molar-refractivity contribution is 0.0697. The van der Waals surface area contributed by atoms with Gasteiger partial charge in [-0.2, -0.15) is 0 Å². The first-order chi connectivity index (χ1) is 7.61. The number of aromatic nitrogens is 2. The standard InChI is InChI=1S/C12H14N2O2/c1-3-4-10-13-9-6-8(12(15)16)5-7(2)11(9)14-10/h5-6H,3-4H2,1-2H3,(H,13,14)(H,15,16). The van der Waals surface area contributed by atoms with Crippen molar-refractivity contribution in [2.75, 3.05) is 0 Å². The van der Waals surface area contributed by atoms with Crippen LogP contribution < -0.4 is 0 Å². The molecule has 0 bridgehead atoms. The Kier molecular flexibility index (Phi) is 2.64. The lowest BCUT2D eigenvalue weighted by Crippen LogP contribution is -1.96. The van der Waals surface area contributed by atoms with E-state index >= 15 is 0 Å². The van der Waals surface area contributed by atoms with Crippen LogP contribution in [-0.4, -0.2) is 21.0 Å². The Morgan fingerprint density at radius 1 is 1.50 bits per heavy atom. The Bertz CT molecular complexity index is 543. The molecule has 0 saturated heterocycles. The second kappa shape index (κ2) is 3.96. The Morgan fingerprint density at radius 3 is 2.88 bits per heavy atom. The summed E-state index contributed by atoms with van der Waals surface area (Å²) in [6.07, 6.45) is 1.90. The van der Waals surface area contributed by atoms with Crippen LogP contribution >= 0.6 is 0 Å². The van der Waals surface area contributed by atoms with E-state index in [9.17, 15) is 4.79 Å². The number of hydrogen-bond acceptors (Lipinski definition) is 2. The lowest BCUT2D eigenvalue weighted by atomic mass is 10.1. The summed E-state index contributed by atoms with van der Waals surface area (Å²) in [7, 11) is 0. The SMILES string of the molecule is CCCc1nc2c(C)cc(C(=O)O)cc2[nH]1. The number of aromatic amines is 1. The average molecular weight is 218 g/mol. The molecule has 1 aromatic heterocycles. The Balaban J connectivity index is 2.58. The third-order valence-corrected chi connectivity index (χ3v) is 2.56. The molecule has 2 rings (SSSR count). The fraction of sp³-hybridized carbons (Fsp3) is 0.333. The molecule has 0 aliphatic heterocycles. The number of benzene rings is 1. The number of imidazole rings is 1. The first-order valence-electron chi connectivity index (χ1n) is 5.34. The maximum atomic E-state index is 10.9. The number of aryl methyl sites for hydroxylation is 2. The van der Waals surface area contributed by atoms with Gasteiger partial charge in [-0.05, 0) is 31.0 Å². The van der Waals surface area contributed by atoms with Crippen molar-refractivity contribution in [3.05, 3.63) is 29.1 Å². The first-order valence-corrected chi connectivity index (χ1v) is 5.34. The maximum absolute atomic E-state index is 10.9. The molecule has 84 valence electrons. The highest BCUT2D eigenvalue weighted by Gasteiger charge is 2.10. The van der Waals surface area contributed by atoms with Crippen molar-refractivity contribution in [3.63, 3.8) is 0 Å². The summed E-state index contributed by atoms with van der Waals surface area (Å²) in [6.45, 7) is 3.97. The van der Waals surface area contributed by atoms with Gasteiger partial charge >= 0.3 is 5.97 Å². The Morgan fingerprint density at radius 2 is 2.25 bits per heavy atom. The minimum atomic E-state index is -0.906. The van der Waals surface area contributed by atoms with Crippen LogP contribution in [0, 0.1) is 6.92 Å². The van der Waals surface area contributed by atoms with Crippen LogP contribution in [0.5, 0.6) is 0 Å². The summed E-state index contributed by atoms with van der Waals surface area (Å²) in [4.78, 5) is 18.5. The van der Waals surface area contributed by atoms with Crippen molar-refractivity contribution in [2.24, 2.45) is 0 Å². The molecular weight excluding hydrogens is 204 g/mol. The van der Waals surface area contributed by atoms with Gasteiger partial charge in [-0.3, -0.25) is 0 Å². The predicted molar refractivity (Wildman–Crippen MR) is 61.8 cm³/mol. The summed E-state index contributed by atoms with van der Waals surface area (Å²) >= 11 is 0. The van der Waals surface area contributed by atoms with Gasteiger partial charge < -0.3 is 10.1 Å². The van der Waals surface area contributed by atoms with Crippen LogP contribution in [0.3, 0.4) is 0 Å². The van der Waals surface area contributed by atoms with Gasteiger partial charge in [0.25, 0.3) is 0 Å². The van der Waals surface area contributed by atoms with E-state index in [1.165, 1.54) is 0 Å². The van der Waals surface area contributed by atoms with Crippen LogP contribution in [0.4, 0.5) is 0 Å². The molecule has 0 saturated carbocycles. The van der Waals surface area contributed by atoms with Gasteiger partial charge in [0, 0.05) is 6.42 Å². The molecule has 0 radical (unpaired) electrons. The van der Waals surface area contributed by atoms with Crippen molar-refractivity contribution < 1.29 is 9.90 Å². The highest BCUT2D eigenvalue weighted by Crippen LogP contribution is 2.19. The smallest absolute Gasteiger partial charge is 0.335 e. The molecule has 2 aromatic rings. The fourth-order valence-electron chi connectivity index (χ4n) is 1.82. The number of hydrogen-bond donors (Lipinski definition) is 2. The van der Waals surface area contributed by atoms with E-state index in [0.29, 0.717) is 5.56 Å². The van der Waals surface area contributed by atoms with E-state index in [1.54, 1.807) is 12.1 Å². The fourth-order valence-corrected chi connectivity index (χ4v) is 1.82. The van der Waals surface area contributed by atoms with Crippen LogP contribution in [0.15, 0.2) is 12.1 Å². The summed E-state index contributed by atoms with van der Waals surface area (Å²) in [5.41, 5.74) is 2.87. The molecule has 1 aromatic carbocycles. The maximum Gasteiger partial charge on any atom is 0.335 e. The predicted octanol–water partition coefficient (Wildman–Crippen LogP) is 2.52. The third-order valence-electron chi connectivity index (χ3n) is 2.56. The molecule has 0 unspecified atom stereocenters. The molecule has 0 atom stereocenters. The van der Waals surface area contributed by atoms with Crippen LogP contribution in [0.1, 0.15) is 35.1 Å². The summed E-state index contributed by atoms with van der Waals surface area (Å²) in [5, 5.41) is 8.94. The monoisotopic (exact) mass is 218 g/mol. The highest BCUT2D eigenvalue weighted by atomic mass is 16.4. The number of rotatable bonds is 3. The molecule has 0 spiro atoms. The minimum Gasteiger partial charge on any atom is -0.478 e. The van der Waals surface area contributed by atoms with Gasteiger partial charge in [0.05, 0.1) is 16.6 Å². The zero-order valence-corrected chi connectivity index (χ0v) is 9.37. The quantitative estimate of drug-likeness (QED) is 0.831. The van der Waals surface area contributed by atoms with Crippen molar-refractivity contribution in [2.45, 2.75) is 26.7 Å². The number of nitrogens with one attached hydrogen (secondary N) is 1. The van der Waals surface area contributed by atoms with Crippen LogP contribution in [0.25, 0.3) is 11.0 Å². The molecule has 16 heavy (non-hydrogen) atoms. The Labute approximate surface area is 93.3 Å². The molecule has 0 amide bonds. The van der Waals surface area contributed by atoms with E-state index in [1.807, 2.05) is 6.92 Å². The van der Waals surface area contributed by atoms with Crippen molar-refractivity contribution in [1.82, 2.24) is 9.97 Å². The molecule has 4 heteroatoms. The number of carbonyl (C=O) groups is 1. The lowest BCUT2D eigenvalue weighted by Gasteiger charge is -1.97. The van der Waals surface area contributed by atoms with E-state index in [4.69, 9.17) is 5.11 Å². The zero-order valence-electron chi connectivity index (χ0n) is 9.37. The third kappa shape index (κ3) is 1.78. The number of nitrogens with zero attached hydrogens (tertiary/aromatic N) is 1. The zero-order chi connectivity index (χ0) is 11.7. The van der Waals surface area contributed by atoms with Gasteiger partial charge in [0.15, 0.2) is 0 Å². The molecule has 2 N–H and O–H groups in total. The van der Waals surface area contributed by atoms with Gasteiger partial charge in [-0.1, -0.05) is 6.92 Å². The second-order valence-electron chi connectivity index (χ2n) is 3.93. The summed E-state index contributed by atoms with van der Waals surface area (Å²) in [5.74, 6) is 0.0137. The molecule has 0 aliphatic carbocycles. The number of carboxylic acid groups (broad SMARTS) is 1. The molecule has 0 fully saturated rings. The largest absolute Gasteiger partial charge is 0.478 e. The number of H-pyrrole nitrogens is 1. The van der Waals surface area contributed by atoms with Crippen molar-refractivity contribution in [3.8, 4) is 0 Å². The second-order valence-corrected chi connectivity index (χ2v) is 3.93. The van der Waals surface area contributed by atoms with E-state index in [0.717, 1.165) is 35.3 Å². The minimum absolute atomic E-state index is 0.302. The van der Waals surface area contributed by atoms with E-state index in [2.05, 4.69) is 16.9 Å². The molecule has 4 nitrogen and oxygen atoms in total. The van der Waals surface area contributed by atoms with Gasteiger partial charge in [0.1, 0.15) is 5.82 Å². The molecule has 1 heterocycles. The van der Waals surface area contributed by atoms with Crippen molar-refractivity contribution in [1.29, 1.82) is 0 Å². The van der Waals surface area contributed by atoms with Gasteiger partial charge in [-0.15, -0.1) is 0 Å². The number of carboxylic acids is 1. The van der Waals surface area contributed by atoms with E-state index in [-0.39, 0.29) is 0 Å². The Hall–Kier alpha value is -1.84. The normalized spacial score (nSPS) is 10.9. The van der Waals surface area contributed by atoms with Crippen LogP contribution in [-0.2, 0) is 6.42 Å². The summed E-state index contributed by atoms with van der Waals surface area (Å²) < 4.78 is 0. The molecule has 0 aliphatic rings. The topological polar surface area (TPSA) is 66.0 Å². The van der Waals surface area contributed by atoms with E-state index < -0.39 is 5.97 Å². The number of fused-ring (bicyclic) bond motifs is 1. The highest BCUT2D eigenvalue weighted by molar-refractivity contribution is 5.93. The van der Waals surface area contributed by atoms with Gasteiger partial charge in [0.2, 0.25) is 0 Å². The first kappa shape index (κ1) is 10.7. The molecular formula is C12H14N2O2. The van der Waals surface area contributed by atoms with Crippen LogP contribution in [0.2, 0.25) is 0 Å². The summed E-state index contributed by atoms with van der Waals surface area (Å²) in [6, 6.07) is 3.29.